The number of allylic oxidation sites excluding steroid dienone is 6. The minimum absolute atomic E-state index is 0. The van der Waals surface area contributed by atoms with E-state index in [2.05, 4.69) is 15.9 Å². The van der Waals surface area contributed by atoms with E-state index in [1.54, 1.807) is 49.3 Å². The van der Waals surface area contributed by atoms with Crippen LogP contribution in [0.1, 0.15) is 51.7 Å². The molecule has 0 saturated heterocycles. The summed E-state index contributed by atoms with van der Waals surface area (Å²) in [5.74, 6) is -1.57. The number of fused-ring (bicyclic) bond motifs is 6. The molecule has 0 aromatic heterocycles. The van der Waals surface area contributed by atoms with Gasteiger partial charge in [0.1, 0.15) is 47.0 Å². The van der Waals surface area contributed by atoms with Gasteiger partial charge in [0, 0.05) is 68.8 Å². The molecule has 2 aliphatic heterocycles. The molecule has 0 saturated carbocycles. The third kappa shape index (κ3) is 17.2. The largest absolute Gasteiger partial charge is 1.00 e. The van der Waals surface area contributed by atoms with Crippen molar-refractivity contribution < 1.29 is 339 Å². The number of anilines is 1. The third-order valence-corrected chi connectivity index (χ3v) is 16.7. The maximum Gasteiger partial charge on any atom is 1.00 e. The first-order chi connectivity index (χ1) is 29.9. The van der Waals surface area contributed by atoms with Crippen molar-refractivity contribution in [3.05, 3.63) is 94.1 Å². The molecule has 0 fully saturated rings. The standard InChI is InChI=1S/C39H41BrN2O18S6.5K/c1-38(2)34(41(15-5-17-61(43,44)45)30-11-9-26-28(36(30)38)19-24(63(49,50)51)21-32(26)65(55,56)57)13-7-23(40)8-14-35-39(3,4)37-29-20-25(64(52,53)54)22-33(66(58,59)60)27(29)10-12-31(37)42(35)16-6-18-62(46,47)48;;;;;/h7-14,19-22H,5-6,15-18H2,1-4H3,(H5-,43,44,45,46,47,48,49,50,51,52,53,54,55,56,57,58,59,60);;;;;/q;5*+1/p-5. The Morgan fingerprint density at radius 1 is 0.592 bits per heavy atom. The van der Waals surface area contributed by atoms with Crippen molar-refractivity contribution in [2.75, 3.05) is 29.5 Å². The van der Waals surface area contributed by atoms with Gasteiger partial charge in [-0.1, -0.05) is 35.8 Å². The molecule has 2 aliphatic rings. The molecular weight excluding hydrogens is 1250 g/mol. The fourth-order valence-corrected chi connectivity index (χ4v) is 12.5. The second-order valence-electron chi connectivity index (χ2n) is 16.4. The number of nitrogens with zero attached hydrogens (tertiary/aromatic N) is 2. The summed E-state index contributed by atoms with van der Waals surface area (Å²) in [5.41, 5.74) is -0.630. The van der Waals surface area contributed by atoms with E-state index in [0.717, 1.165) is 12.1 Å². The van der Waals surface area contributed by atoms with E-state index in [1.807, 2.05) is 0 Å². The zero-order valence-electron chi connectivity index (χ0n) is 39.7. The number of rotatable bonds is 15. The minimum atomic E-state index is -5.35. The van der Waals surface area contributed by atoms with Crippen molar-refractivity contribution in [1.82, 2.24) is 0 Å². The summed E-state index contributed by atoms with van der Waals surface area (Å²) in [7, 11) is -30.7. The average Bonchev–Trinajstić information content (AvgIpc) is 3.50. The van der Waals surface area contributed by atoms with Crippen LogP contribution in [0.25, 0.3) is 21.5 Å². The van der Waals surface area contributed by atoms with Crippen LogP contribution in [0.2, 0.25) is 0 Å². The van der Waals surface area contributed by atoms with Crippen molar-refractivity contribution in [1.29, 1.82) is 0 Å². The van der Waals surface area contributed by atoms with Crippen LogP contribution in [0.15, 0.2) is 103 Å². The molecule has 0 bridgehead atoms. The van der Waals surface area contributed by atoms with Crippen LogP contribution in [0, 0.1) is 0 Å². The Morgan fingerprint density at radius 3 is 1.49 bits per heavy atom. The van der Waals surface area contributed by atoms with Gasteiger partial charge in [0.2, 0.25) is 5.69 Å². The predicted octanol–water partition coefficient (Wildman–Crippen LogP) is -11.6. The van der Waals surface area contributed by atoms with Crippen LogP contribution in [0.3, 0.4) is 0 Å². The summed E-state index contributed by atoms with van der Waals surface area (Å²) in [6, 6.07) is 8.11. The van der Waals surface area contributed by atoms with Gasteiger partial charge in [0.25, 0.3) is 0 Å². The van der Waals surface area contributed by atoms with Crippen LogP contribution in [0.4, 0.5) is 11.4 Å². The maximum atomic E-state index is 12.4. The van der Waals surface area contributed by atoms with Gasteiger partial charge < -0.3 is 32.2 Å². The van der Waals surface area contributed by atoms with Gasteiger partial charge in [-0.15, -0.1) is 0 Å². The number of benzene rings is 4. The van der Waals surface area contributed by atoms with E-state index in [-0.39, 0.29) is 316 Å². The second kappa shape index (κ2) is 27.1. The van der Waals surface area contributed by atoms with Crippen molar-refractivity contribution in [3.63, 3.8) is 0 Å². The van der Waals surface area contributed by atoms with Gasteiger partial charge in [-0.05, 0) is 96.6 Å². The molecular formula is C39H36BrK5N2O18S6. The van der Waals surface area contributed by atoms with E-state index in [4.69, 9.17) is 0 Å². The monoisotopic (exact) mass is 1290 g/mol. The molecule has 0 amide bonds. The smallest absolute Gasteiger partial charge is 0.748 e. The summed E-state index contributed by atoms with van der Waals surface area (Å²) in [6.45, 7) is 6.34. The molecule has 0 unspecified atom stereocenters. The molecule has 4 aromatic carbocycles. The van der Waals surface area contributed by atoms with Gasteiger partial charge in [0.15, 0.2) is 5.71 Å². The van der Waals surface area contributed by atoms with E-state index in [9.17, 15) is 77.8 Å². The molecule has 71 heavy (non-hydrogen) atoms. The Kier molecular flexibility index (Phi) is 27.9. The normalized spacial score (nSPS) is 16.5. The Morgan fingerprint density at radius 2 is 1.04 bits per heavy atom. The van der Waals surface area contributed by atoms with Crippen molar-refractivity contribution >= 4 is 115 Å². The average molecular weight is 1290 g/mol. The zero-order valence-corrected chi connectivity index (χ0v) is 61.8. The van der Waals surface area contributed by atoms with E-state index >= 15 is 0 Å². The van der Waals surface area contributed by atoms with Crippen LogP contribution in [0.5, 0.6) is 0 Å². The molecule has 32 heteroatoms. The summed E-state index contributed by atoms with van der Waals surface area (Å²) < 4.78 is 219. The van der Waals surface area contributed by atoms with E-state index in [0.29, 0.717) is 39.4 Å². The van der Waals surface area contributed by atoms with Crippen LogP contribution in [-0.2, 0) is 71.5 Å². The zero-order chi connectivity index (χ0) is 49.5. The predicted molar refractivity (Wildman–Crippen MR) is 236 cm³/mol. The molecule has 0 spiro atoms. The Labute approximate surface area is 634 Å². The van der Waals surface area contributed by atoms with Crippen LogP contribution in [-0.4, -0.2) is 113 Å². The minimum Gasteiger partial charge on any atom is -0.748 e. The summed E-state index contributed by atoms with van der Waals surface area (Å²) in [4.78, 5) is -2.35. The Bertz CT molecular complexity index is 3620. The van der Waals surface area contributed by atoms with Crippen molar-refractivity contribution in [2.24, 2.45) is 0 Å². The van der Waals surface area contributed by atoms with Gasteiger partial charge in [-0.3, -0.25) is 0 Å². The number of hydrogen-bond acceptors (Lipinski definition) is 19. The topological polar surface area (TPSA) is 349 Å². The molecule has 4 aromatic rings. The number of hydrogen-bond donors (Lipinski definition) is 0. The molecule has 0 aliphatic carbocycles. The molecule has 0 radical (unpaired) electrons. The molecule has 358 valence electrons. The molecule has 0 N–H and O–H groups in total. The van der Waals surface area contributed by atoms with Crippen LogP contribution >= 0.6 is 15.9 Å². The van der Waals surface area contributed by atoms with Gasteiger partial charge in [-0.2, -0.15) is 4.58 Å². The first kappa shape index (κ1) is 73.2. The SMILES string of the molecule is CC1(C)C(/C=C/C(Br)=C/C=C2\N(CCCS(=O)(=O)[O-])c3ccc4c(S(=O)(=O)[O-])cc(S(=O)(=O)[O-])cc4c3C2(C)C)=[N+](CCCS(=O)(=O)[O-])c2ccc3c(S(=O)(=O)[O-])cc(S(=O)(=O)[O-])cc3c21.[K+].[K+].[K+].[K+].[K+]. The first-order valence-corrected chi connectivity index (χ1v) is 28.6. The molecule has 2 heterocycles. The maximum absolute atomic E-state index is 12.4. The van der Waals surface area contributed by atoms with Crippen LogP contribution < -0.4 is 262 Å². The van der Waals surface area contributed by atoms with Crippen molar-refractivity contribution in [2.45, 2.75) is 70.9 Å². The Hall–Kier alpha value is 4.21. The fraction of sp³-hybridized carbons (Fsp3) is 0.308. The fourth-order valence-electron chi connectivity index (χ4n) is 8.63. The summed E-state index contributed by atoms with van der Waals surface area (Å²) in [6.07, 6.45) is 5.74. The third-order valence-electron chi connectivity index (χ3n) is 11.3. The molecule has 0 atom stereocenters. The first-order valence-electron chi connectivity index (χ1n) is 19.1. The summed E-state index contributed by atoms with van der Waals surface area (Å²) >= 11 is 3.47. The van der Waals surface area contributed by atoms with Gasteiger partial charge >= 0.3 is 257 Å². The van der Waals surface area contributed by atoms with Crippen molar-refractivity contribution in [3.8, 4) is 0 Å². The second-order valence-corrected chi connectivity index (χ2v) is 25.8. The Balaban J connectivity index is 0.00000504. The summed E-state index contributed by atoms with van der Waals surface area (Å²) in [5, 5.41) is -0.584. The van der Waals surface area contributed by atoms with E-state index in [1.165, 1.54) is 36.4 Å². The molecule has 20 nitrogen and oxygen atoms in total. The van der Waals surface area contributed by atoms with E-state index < -0.39 is 103 Å². The van der Waals surface area contributed by atoms with Gasteiger partial charge in [0.05, 0.1) is 45.2 Å². The van der Waals surface area contributed by atoms with Gasteiger partial charge in [-0.25, -0.2) is 50.5 Å². The molecule has 6 rings (SSSR count). The quantitative estimate of drug-likeness (QED) is 0.0462. The number of halogens is 1.